The van der Waals surface area contributed by atoms with E-state index in [-0.39, 0.29) is 11.3 Å². The van der Waals surface area contributed by atoms with E-state index in [0.29, 0.717) is 0 Å². The van der Waals surface area contributed by atoms with Gasteiger partial charge in [0.05, 0.1) is 12.7 Å². The summed E-state index contributed by atoms with van der Waals surface area (Å²) in [5.74, 6) is -2.09. The van der Waals surface area contributed by atoms with Crippen LogP contribution < -0.4 is 4.74 Å². The van der Waals surface area contributed by atoms with E-state index in [4.69, 9.17) is 5.26 Å². The molecule has 0 saturated carbocycles. The molecule has 84 valence electrons. The predicted molar refractivity (Wildman–Crippen MR) is 49.1 cm³/mol. The first-order valence-electron chi connectivity index (χ1n) is 4.14. The lowest BCUT2D eigenvalue weighted by molar-refractivity contribution is 0.0599. The van der Waals surface area contributed by atoms with Crippen molar-refractivity contribution in [2.75, 3.05) is 14.0 Å². The fourth-order valence-electron chi connectivity index (χ4n) is 1.10. The average Bonchev–Trinajstić information content (AvgIpc) is 2.28. The van der Waals surface area contributed by atoms with Gasteiger partial charge < -0.3 is 9.47 Å². The number of methoxy groups -OCH3 is 1. The zero-order valence-corrected chi connectivity index (χ0v) is 8.29. The van der Waals surface area contributed by atoms with Crippen molar-refractivity contribution in [2.45, 2.75) is 0 Å². The highest BCUT2D eigenvalue weighted by Gasteiger charge is 2.16. The van der Waals surface area contributed by atoms with E-state index in [1.165, 1.54) is 6.07 Å². The Kier molecular flexibility index (Phi) is 3.78. The second kappa shape index (κ2) is 5.07. The van der Waals surface area contributed by atoms with Gasteiger partial charge in [-0.05, 0) is 12.1 Å². The second-order valence-corrected chi connectivity index (χ2v) is 2.69. The molecule has 0 heterocycles. The SMILES string of the molecule is COC(=O)c1cc(F)c(C#N)c(OCF)c1. The van der Waals surface area contributed by atoms with Crippen LogP contribution in [0.5, 0.6) is 5.75 Å². The number of hydrogen-bond acceptors (Lipinski definition) is 4. The van der Waals surface area contributed by atoms with Gasteiger partial charge in [0.1, 0.15) is 23.2 Å². The molecular weight excluding hydrogens is 220 g/mol. The van der Waals surface area contributed by atoms with Crippen LogP contribution in [-0.4, -0.2) is 19.9 Å². The topological polar surface area (TPSA) is 59.3 Å². The summed E-state index contributed by atoms with van der Waals surface area (Å²) in [5.41, 5.74) is -0.604. The molecular formula is C10H7F2NO3. The number of nitrogens with zero attached hydrogens (tertiary/aromatic N) is 1. The molecule has 1 aromatic carbocycles. The molecule has 0 fully saturated rings. The van der Waals surface area contributed by atoms with E-state index < -0.39 is 24.2 Å². The van der Waals surface area contributed by atoms with Crippen molar-refractivity contribution in [1.29, 1.82) is 5.26 Å². The molecule has 0 saturated heterocycles. The van der Waals surface area contributed by atoms with Gasteiger partial charge in [0.25, 0.3) is 0 Å². The lowest BCUT2D eigenvalue weighted by atomic mass is 10.1. The Labute approximate surface area is 90.0 Å². The van der Waals surface area contributed by atoms with Crippen LogP contribution in [0.4, 0.5) is 8.78 Å². The minimum atomic E-state index is -1.22. The van der Waals surface area contributed by atoms with Crippen molar-refractivity contribution in [3.8, 4) is 11.8 Å². The quantitative estimate of drug-likeness (QED) is 0.738. The lowest BCUT2D eigenvalue weighted by Crippen LogP contribution is -2.05. The summed E-state index contributed by atoms with van der Waals surface area (Å²) in [4.78, 5) is 11.1. The Morgan fingerprint density at radius 1 is 1.56 bits per heavy atom. The van der Waals surface area contributed by atoms with Gasteiger partial charge in [-0.2, -0.15) is 5.26 Å². The fraction of sp³-hybridized carbons (Fsp3) is 0.200. The summed E-state index contributed by atoms with van der Waals surface area (Å²) in [5, 5.41) is 8.60. The maximum absolute atomic E-state index is 13.3. The van der Waals surface area contributed by atoms with Crippen LogP contribution in [0.15, 0.2) is 12.1 Å². The molecule has 0 bridgehead atoms. The van der Waals surface area contributed by atoms with Crippen LogP contribution in [0.25, 0.3) is 0 Å². The molecule has 0 aliphatic carbocycles. The van der Waals surface area contributed by atoms with Gasteiger partial charge in [-0.25, -0.2) is 13.6 Å². The Balaban J connectivity index is 3.29. The second-order valence-electron chi connectivity index (χ2n) is 2.69. The maximum atomic E-state index is 13.3. The van der Waals surface area contributed by atoms with Gasteiger partial charge in [0, 0.05) is 0 Å². The molecule has 0 atom stereocenters. The third-order valence-electron chi connectivity index (χ3n) is 1.80. The van der Waals surface area contributed by atoms with Crippen molar-refractivity contribution in [1.82, 2.24) is 0 Å². The van der Waals surface area contributed by atoms with Crippen LogP contribution >= 0.6 is 0 Å². The molecule has 4 nitrogen and oxygen atoms in total. The highest BCUT2D eigenvalue weighted by Crippen LogP contribution is 2.23. The standard InChI is InChI=1S/C10H7F2NO3/c1-15-10(14)6-2-8(12)7(4-13)9(3-6)16-5-11/h2-3H,5H2,1H3. The Hall–Kier alpha value is -2.16. The number of carbonyl (C=O) groups excluding carboxylic acids is 1. The number of esters is 1. The first-order valence-corrected chi connectivity index (χ1v) is 4.14. The van der Waals surface area contributed by atoms with E-state index >= 15 is 0 Å². The molecule has 1 aromatic rings. The van der Waals surface area contributed by atoms with Crippen LogP contribution in [0.1, 0.15) is 15.9 Å². The fourth-order valence-corrected chi connectivity index (χ4v) is 1.10. The van der Waals surface area contributed by atoms with E-state index in [0.717, 1.165) is 19.2 Å². The van der Waals surface area contributed by atoms with Crippen molar-refractivity contribution < 1.29 is 23.0 Å². The van der Waals surface area contributed by atoms with Gasteiger partial charge in [0.2, 0.25) is 6.86 Å². The van der Waals surface area contributed by atoms with E-state index in [1.807, 2.05) is 0 Å². The van der Waals surface area contributed by atoms with Crippen molar-refractivity contribution in [3.05, 3.63) is 29.1 Å². The summed E-state index contributed by atoms with van der Waals surface area (Å²) in [6.07, 6.45) is 0. The summed E-state index contributed by atoms with van der Waals surface area (Å²) < 4.78 is 34.0. The monoisotopic (exact) mass is 227 g/mol. The van der Waals surface area contributed by atoms with E-state index in [9.17, 15) is 13.6 Å². The number of alkyl halides is 1. The number of rotatable bonds is 3. The Morgan fingerprint density at radius 2 is 2.25 bits per heavy atom. The van der Waals surface area contributed by atoms with Gasteiger partial charge in [-0.3, -0.25) is 0 Å². The summed E-state index contributed by atoms with van der Waals surface area (Å²) in [7, 11) is 1.12. The number of nitriles is 1. The van der Waals surface area contributed by atoms with Crippen molar-refractivity contribution in [2.24, 2.45) is 0 Å². The number of benzene rings is 1. The number of hydrogen-bond donors (Lipinski definition) is 0. The van der Waals surface area contributed by atoms with Crippen LogP contribution in [0.3, 0.4) is 0 Å². The largest absolute Gasteiger partial charge is 0.465 e. The highest BCUT2D eigenvalue weighted by atomic mass is 19.1. The first kappa shape index (κ1) is 11.9. The molecule has 0 radical (unpaired) electrons. The van der Waals surface area contributed by atoms with Crippen molar-refractivity contribution in [3.63, 3.8) is 0 Å². The van der Waals surface area contributed by atoms with Crippen LogP contribution in [-0.2, 0) is 4.74 Å². The molecule has 0 aliphatic rings. The molecule has 1 rings (SSSR count). The minimum Gasteiger partial charge on any atom is -0.465 e. The molecule has 0 unspecified atom stereocenters. The third kappa shape index (κ3) is 2.25. The first-order chi connectivity index (χ1) is 7.63. The smallest absolute Gasteiger partial charge is 0.338 e. The predicted octanol–water partition coefficient (Wildman–Crippen LogP) is 1.79. The van der Waals surface area contributed by atoms with Crippen LogP contribution in [0, 0.1) is 17.1 Å². The number of halogens is 2. The molecule has 0 spiro atoms. The molecule has 6 heteroatoms. The zero-order chi connectivity index (χ0) is 12.1. The van der Waals surface area contributed by atoms with Gasteiger partial charge in [0.15, 0.2) is 0 Å². The lowest BCUT2D eigenvalue weighted by Gasteiger charge is -2.06. The minimum absolute atomic E-state index is 0.151. The zero-order valence-electron chi connectivity index (χ0n) is 8.29. The number of ether oxygens (including phenoxy) is 2. The van der Waals surface area contributed by atoms with E-state index in [2.05, 4.69) is 9.47 Å². The summed E-state index contributed by atoms with van der Waals surface area (Å²) in [6.45, 7) is -1.22. The van der Waals surface area contributed by atoms with Gasteiger partial charge in [-0.15, -0.1) is 0 Å². The molecule has 0 aliphatic heterocycles. The molecule has 0 N–H and O–H groups in total. The Bertz CT molecular complexity index is 454. The normalized spacial score (nSPS) is 9.38. The Morgan fingerprint density at radius 3 is 2.75 bits per heavy atom. The van der Waals surface area contributed by atoms with Crippen molar-refractivity contribution >= 4 is 5.97 Å². The highest BCUT2D eigenvalue weighted by molar-refractivity contribution is 5.90. The molecule has 0 aromatic heterocycles. The van der Waals surface area contributed by atoms with Gasteiger partial charge >= 0.3 is 5.97 Å². The van der Waals surface area contributed by atoms with Gasteiger partial charge in [-0.1, -0.05) is 0 Å². The molecule has 16 heavy (non-hydrogen) atoms. The third-order valence-corrected chi connectivity index (χ3v) is 1.80. The van der Waals surface area contributed by atoms with E-state index in [1.54, 1.807) is 0 Å². The van der Waals surface area contributed by atoms with Crippen LogP contribution in [0.2, 0.25) is 0 Å². The summed E-state index contributed by atoms with van der Waals surface area (Å²) in [6, 6.07) is 3.39. The molecule has 0 amide bonds. The average molecular weight is 227 g/mol. The summed E-state index contributed by atoms with van der Waals surface area (Å²) >= 11 is 0. The number of carbonyl (C=O) groups is 1. The maximum Gasteiger partial charge on any atom is 0.338 e.